The lowest BCUT2D eigenvalue weighted by Crippen LogP contribution is -2.54. The highest BCUT2D eigenvalue weighted by Crippen LogP contribution is 2.64. The molecule has 0 fully saturated rings. The SMILES string of the molecule is CCC1C2c3cc([N+](=O)[O-])ccc3OC1(c1ccc(O)c(O)c1)Oc1cc(O)c3c(c12)O[C@H](c1ccc(O)c(O)c1)[C@@H](O)C3. The van der Waals surface area contributed by atoms with E-state index in [4.69, 9.17) is 14.2 Å². The molecule has 0 radical (unpaired) electrons. The van der Waals surface area contributed by atoms with E-state index in [1.54, 1.807) is 6.07 Å². The molecule has 0 aliphatic carbocycles. The molecule has 0 aromatic heterocycles. The number of hydrogen-bond donors (Lipinski definition) is 6. The van der Waals surface area contributed by atoms with Crippen molar-refractivity contribution in [1.29, 1.82) is 0 Å². The molecule has 4 aromatic carbocycles. The number of fused-ring (bicyclic) bond motifs is 8. The summed E-state index contributed by atoms with van der Waals surface area (Å²) < 4.78 is 19.6. The van der Waals surface area contributed by atoms with E-state index >= 15 is 0 Å². The van der Waals surface area contributed by atoms with Gasteiger partial charge >= 0.3 is 0 Å². The predicted octanol–water partition coefficient (Wildman–Crippen LogP) is 4.96. The van der Waals surface area contributed by atoms with E-state index in [9.17, 15) is 40.8 Å². The van der Waals surface area contributed by atoms with Crippen molar-refractivity contribution in [2.45, 2.75) is 43.7 Å². The molecule has 3 aliphatic rings. The Bertz CT molecular complexity index is 1860. The van der Waals surface area contributed by atoms with Gasteiger partial charge in [0.15, 0.2) is 23.0 Å². The fraction of sp³-hybridized carbons (Fsp3) is 0.250. The lowest BCUT2D eigenvalue weighted by atomic mass is 9.68. The molecule has 0 amide bonds. The topological polar surface area (TPSA) is 192 Å². The second kappa shape index (κ2) is 9.58. The fourth-order valence-electron chi connectivity index (χ4n) is 6.77. The Morgan fingerprint density at radius 2 is 1.57 bits per heavy atom. The van der Waals surface area contributed by atoms with Crippen LogP contribution in [0.3, 0.4) is 0 Å². The number of aliphatic hydroxyl groups excluding tert-OH is 1. The van der Waals surface area contributed by atoms with Crippen LogP contribution in [0.1, 0.15) is 53.2 Å². The summed E-state index contributed by atoms with van der Waals surface area (Å²) in [6.45, 7) is 1.90. The number of non-ortho nitro benzene ring substituents is 1. The zero-order chi connectivity index (χ0) is 31.1. The number of rotatable bonds is 4. The maximum absolute atomic E-state index is 11.8. The van der Waals surface area contributed by atoms with Gasteiger partial charge in [0, 0.05) is 52.8 Å². The van der Waals surface area contributed by atoms with E-state index < -0.39 is 46.3 Å². The van der Waals surface area contributed by atoms with Gasteiger partial charge in [-0.1, -0.05) is 13.0 Å². The Kier molecular flexibility index (Phi) is 5.98. The summed E-state index contributed by atoms with van der Waals surface area (Å²) in [6.07, 6.45) is -1.75. The second-order valence-corrected chi connectivity index (χ2v) is 11.2. The summed E-state index contributed by atoms with van der Waals surface area (Å²) in [5.74, 6) is -3.84. The van der Waals surface area contributed by atoms with Crippen molar-refractivity contribution in [3.8, 4) is 46.0 Å². The highest BCUT2D eigenvalue weighted by molar-refractivity contribution is 5.66. The molecule has 3 aliphatic heterocycles. The van der Waals surface area contributed by atoms with E-state index in [0.29, 0.717) is 40.0 Å². The summed E-state index contributed by atoms with van der Waals surface area (Å²) in [5, 5.41) is 74.5. The van der Waals surface area contributed by atoms with Crippen molar-refractivity contribution in [1.82, 2.24) is 0 Å². The van der Waals surface area contributed by atoms with Crippen LogP contribution in [0.15, 0.2) is 60.7 Å². The molecule has 5 atom stereocenters. The Balaban J connectivity index is 1.49. The fourth-order valence-corrected chi connectivity index (χ4v) is 6.77. The number of hydrogen-bond acceptors (Lipinski definition) is 11. The number of nitro groups is 1. The number of nitrogens with zero attached hydrogens (tertiary/aromatic N) is 1. The highest BCUT2D eigenvalue weighted by atomic mass is 16.7. The van der Waals surface area contributed by atoms with E-state index in [0.717, 1.165) is 0 Å². The highest BCUT2D eigenvalue weighted by Gasteiger charge is 2.59. The first-order valence-electron chi connectivity index (χ1n) is 14.0. The number of benzene rings is 4. The molecule has 12 heteroatoms. The number of ether oxygens (including phenoxy) is 3. The van der Waals surface area contributed by atoms with Crippen LogP contribution in [0.4, 0.5) is 5.69 Å². The first kappa shape index (κ1) is 27.5. The maximum atomic E-state index is 11.8. The largest absolute Gasteiger partial charge is 0.507 e. The van der Waals surface area contributed by atoms with Crippen LogP contribution in [0.5, 0.6) is 46.0 Å². The van der Waals surface area contributed by atoms with Crippen molar-refractivity contribution >= 4 is 5.69 Å². The van der Waals surface area contributed by atoms with Gasteiger partial charge in [-0.2, -0.15) is 0 Å². The van der Waals surface area contributed by atoms with E-state index in [1.807, 2.05) is 6.92 Å². The molecule has 12 nitrogen and oxygen atoms in total. The van der Waals surface area contributed by atoms with Gasteiger partial charge in [-0.25, -0.2) is 0 Å². The van der Waals surface area contributed by atoms with Gasteiger partial charge in [0.25, 0.3) is 11.5 Å². The molecule has 7 rings (SSSR count). The first-order chi connectivity index (χ1) is 21.0. The summed E-state index contributed by atoms with van der Waals surface area (Å²) in [5.41, 5.74) is 1.85. The first-order valence-corrected chi connectivity index (χ1v) is 14.0. The smallest absolute Gasteiger partial charge is 0.281 e. The third-order valence-corrected chi connectivity index (χ3v) is 8.78. The van der Waals surface area contributed by atoms with Crippen molar-refractivity contribution in [2.24, 2.45) is 5.92 Å². The molecule has 6 N–H and O–H groups in total. The zero-order valence-electron chi connectivity index (χ0n) is 23.2. The molecule has 226 valence electrons. The second-order valence-electron chi connectivity index (χ2n) is 11.2. The molecule has 4 aromatic rings. The summed E-state index contributed by atoms with van der Waals surface area (Å²) in [4.78, 5) is 11.3. The van der Waals surface area contributed by atoms with E-state index in [-0.39, 0.29) is 40.9 Å². The quantitative estimate of drug-likeness (QED) is 0.105. The van der Waals surface area contributed by atoms with Gasteiger partial charge in [0.05, 0.1) is 16.9 Å². The monoisotopic (exact) mass is 601 g/mol. The number of phenols is 5. The minimum absolute atomic E-state index is 0.0282. The van der Waals surface area contributed by atoms with Crippen LogP contribution in [0, 0.1) is 16.0 Å². The van der Waals surface area contributed by atoms with Crippen LogP contribution >= 0.6 is 0 Å². The predicted molar refractivity (Wildman–Crippen MR) is 152 cm³/mol. The maximum Gasteiger partial charge on any atom is 0.281 e. The third-order valence-electron chi connectivity index (χ3n) is 8.78. The van der Waals surface area contributed by atoms with Crippen LogP contribution in [-0.2, 0) is 12.2 Å². The van der Waals surface area contributed by atoms with Crippen molar-refractivity contribution in [3.05, 3.63) is 98.6 Å². The summed E-state index contributed by atoms with van der Waals surface area (Å²) in [7, 11) is 0. The normalized spacial score (nSPS) is 24.5. The lowest BCUT2D eigenvalue weighted by molar-refractivity contribution is -0.385. The Labute approximate surface area is 249 Å². The zero-order valence-corrected chi connectivity index (χ0v) is 23.2. The van der Waals surface area contributed by atoms with Gasteiger partial charge < -0.3 is 44.8 Å². The van der Waals surface area contributed by atoms with Gasteiger partial charge in [-0.05, 0) is 48.4 Å². The molecular weight excluding hydrogens is 574 g/mol. The average molecular weight is 602 g/mol. The standard InChI is InChI=1S/C32H27NO11/c1-2-19-28-18-11-16(33(40)41)5-8-26(18)43-32(19,15-4-7-21(35)24(38)10-15)44-27-13-22(36)17-12-25(39)30(42-31(17)29(27)28)14-3-6-20(34)23(37)9-14/h3-11,13,19,25,28,30,34-39H,2,12H2,1H3/t19?,25-,28?,30+,32?/m0/s1. The Hall–Kier alpha value is -5.36. The van der Waals surface area contributed by atoms with Crippen molar-refractivity contribution in [2.75, 3.05) is 0 Å². The Morgan fingerprint density at radius 3 is 2.25 bits per heavy atom. The van der Waals surface area contributed by atoms with E-state index in [2.05, 4.69) is 0 Å². The molecule has 44 heavy (non-hydrogen) atoms. The minimum Gasteiger partial charge on any atom is -0.507 e. The number of aliphatic hydroxyl groups is 1. The summed E-state index contributed by atoms with van der Waals surface area (Å²) >= 11 is 0. The van der Waals surface area contributed by atoms with Crippen molar-refractivity contribution in [3.63, 3.8) is 0 Å². The van der Waals surface area contributed by atoms with E-state index in [1.165, 1.54) is 54.6 Å². The van der Waals surface area contributed by atoms with Gasteiger partial charge in [-0.15, -0.1) is 0 Å². The molecular formula is C32H27NO11. The average Bonchev–Trinajstić information content (AvgIpc) is 2.99. The molecule has 3 heterocycles. The molecule has 3 unspecified atom stereocenters. The molecule has 0 saturated heterocycles. The van der Waals surface area contributed by atoms with Gasteiger partial charge in [0.1, 0.15) is 29.1 Å². The number of nitro benzene ring substituents is 1. The Morgan fingerprint density at radius 1 is 0.864 bits per heavy atom. The number of phenolic OH excluding ortho intramolecular Hbond substituents is 5. The number of aromatic hydroxyl groups is 5. The van der Waals surface area contributed by atoms with Crippen LogP contribution in [0.25, 0.3) is 0 Å². The van der Waals surface area contributed by atoms with Crippen LogP contribution in [-0.4, -0.2) is 41.7 Å². The molecule has 0 spiro atoms. The van der Waals surface area contributed by atoms with Gasteiger partial charge in [0.2, 0.25) is 0 Å². The molecule has 2 bridgehead atoms. The van der Waals surface area contributed by atoms with Crippen LogP contribution < -0.4 is 14.2 Å². The summed E-state index contributed by atoms with van der Waals surface area (Å²) in [6, 6.07) is 13.9. The minimum atomic E-state index is -1.59. The lowest BCUT2D eigenvalue weighted by Gasteiger charge is -2.52. The van der Waals surface area contributed by atoms with Gasteiger partial charge in [-0.3, -0.25) is 10.1 Å². The van der Waals surface area contributed by atoms with Crippen LogP contribution in [0.2, 0.25) is 0 Å². The molecule has 0 saturated carbocycles. The van der Waals surface area contributed by atoms with Crippen molar-refractivity contribution < 1.29 is 49.8 Å². The third kappa shape index (κ3) is 3.87.